The number of fused-ring (bicyclic) bond motifs is 1. The molecule has 1 aliphatic heterocycles. The van der Waals surface area contributed by atoms with E-state index in [2.05, 4.69) is 9.97 Å². The highest BCUT2D eigenvalue weighted by Gasteiger charge is 2.48. The lowest BCUT2D eigenvalue weighted by Crippen LogP contribution is -2.29. The van der Waals surface area contributed by atoms with Crippen LogP contribution in [0.25, 0.3) is 16.0 Å². The molecule has 1 amide bonds. The van der Waals surface area contributed by atoms with Gasteiger partial charge in [0, 0.05) is 16.8 Å². The second-order valence-electron chi connectivity index (χ2n) is 6.89. The average molecular weight is 448 g/mol. The Balaban J connectivity index is 1.73. The smallest absolute Gasteiger partial charge is 0.301 e. The quantitative estimate of drug-likeness (QED) is 0.272. The van der Waals surface area contributed by atoms with E-state index in [-0.39, 0.29) is 11.3 Å². The monoisotopic (exact) mass is 447 g/mol. The number of aliphatic hydroxyl groups is 1. The van der Waals surface area contributed by atoms with E-state index in [4.69, 9.17) is 11.6 Å². The van der Waals surface area contributed by atoms with Crippen LogP contribution in [0.1, 0.15) is 17.3 Å². The number of hydrogen-bond acceptors (Lipinski definition) is 6. The zero-order valence-electron chi connectivity index (χ0n) is 15.9. The van der Waals surface area contributed by atoms with Crippen molar-refractivity contribution in [2.75, 3.05) is 4.90 Å². The first-order valence-electron chi connectivity index (χ1n) is 9.38. The Hall–Kier alpha value is -3.55. The van der Waals surface area contributed by atoms with Gasteiger partial charge in [0.25, 0.3) is 5.78 Å². The number of thiazole rings is 1. The lowest BCUT2D eigenvalue weighted by molar-refractivity contribution is -0.132. The fraction of sp³-hybridized carbons (Fsp3) is 0.0435. The molecule has 6 nitrogen and oxygen atoms in total. The Labute approximate surface area is 186 Å². The second-order valence-corrected chi connectivity index (χ2v) is 8.34. The van der Waals surface area contributed by atoms with Crippen LogP contribution < -0.4 is 4.90 Å². The van der Waals surface area contributed by atoms with Crippen LogP contribution in [-0.4, -0.2) is 26.8 Å². The highest BCUT2D eigenvalue weighted by Crippen LogP contribution is 2.43. The maximum atomic E-state index is 13.1. The maximum absolute atomic E-state index is 13.1. The lowest BCUT2D eigenvalue weighted by atomic mass is 9.98. The molecule has 0 aliphatic carbocycles. The predicted octanol–water partition coefficient (Wildman–Crippen LogP) is 4.97. The van der Waals surface area contributed by atoms with Gasteiger partial charge in [-0.2, -0.15) is 0 Å². The highest BCUT2D eigenvalue weighted by atomic mass is 35.5. The largest absolute Gasteiger partial charge is 0.507 e. The number of carbonyl (C=O) groups excluding carboxylic acids is 2. The summed E-state index contributed by atoms with van der Waals surface area (Å²) >= 11 is 7.25. The number of aliphatic hydroxyl groups excluding tert-OH is 1. The molecule has 4 aromatic rings. The predicted molar refractivity (Wildman–Crippen MR) is 120 cm³/mol. The third-order valence-electron chi connectivity index (χ3n) is 5.02. The van der Waals surface area contributed by atoms with Gasteiger partial charge in [0.15, 0.2) is 5.13 Å². The summed E-state index contributed by atoms with van der Waals surface area (Å²) in [5.74, 6) is -1.83. The zero-order chi connectivity index (χ0) is 21.5. The van der Waals surface area contributed by atoms with E-state index < -0.39 is 17.7 Å². The Morgan fingerprint density at radius 3 is 2.45 bits per heavy atom. The van der Waals surface area contributed by atoms with Gasteiger partial charge in [-0.15, -0.1) is 0 Å². The van der Waals surface area contributed by atoms with E-state index in [0.29, 0.717) is 21.4 Å². The molecule has 0 bridgehead atoms. The summed E-state index contributed by atoms with van der Waals surface area (Å²) < 4.78 is 0.886. The van der Waals surface area contributed by atoms with Crippen molar-refractivity contribution in [3.8, 4) is 0 Å². The van der Waals surface area contributed by atoms with Crippen LogP contribution in [-0.2, 0) is 9.59 Å². The molecule has 1 fully saturated rings. The molecule has 1 aliphatic rings. The van der Waals surface area contributed by atoms with E-state index in [1.54, 1.807) is 48.7 Å². The summed E-state index contributed by atoms with van der Waals surface area (Å²) in [6.45, 7) is 0. The summed E-state index contributed by atoms with van der Waals surface area (Å²) in [6, 6.07) is 18.2. The number of rotatable bonds is 3. The van der Waals surface area contributed by atoms with Crippen LogP contribution in [0.4, 0.5) is 5.13 Å². The van der Waals surface area contributed by atoms with E-state index in [9.17, 15) is 14.7 Å². The number of Topliss-reactive ketones (excluding diaryl/α,β-unsaturated/α-hetero) is 1. The molecule has 2 aromatic heterocycles. The van der Waals surface area contributed by atoms with Crippen LogP contribution in [0.5, 0.6) is 0 Å². The van der Waals surface area contributed by atoms with Gasteiger partial charge in [0.1, 0.15) is 11.8 Å². The summed E-state index contributed by atoms with van der Waals surface area (Å²) in [4.78, 5) is 36.4. The van der Waals surface area contributed by atoms with Crippen molar-refractivity contribution in [3.05, 3.63) is 94.8 Å². The van der Waals surface area contributed by atoms with Gasteiger partial charge in [-0.25, -0.2) is 4.98 Å². The van der Waals surface area contributed by atoms with Gasteiger partial charge < -0.3 is 5.11 Å². The minimum atomic E-state index is -0.905. The number of nitrogens with zero attached hydrogens (tertiary/aromatic N) is 3. The number of halogens is 1. The fourth-order valence-corrected chi connectivity index (χ4v) is 4.69. The van der Waals surface area contributed by atoms with Crippen molar-refractivity contribution >= 4 is 55.7 Å². The van der Waals surface area contributed by atoms with Crippen molar-refractivity contribution in [2.24, 2.45) is 0 Å². The molecule has 8 heteroatoms. The van der Waals surface area contributed by atoms with Crippen molar-refractivity contribution in [1.29, 1.82) is 0 Å². The van der Waals surface area contributed by atoms with Crippen LogP contribution in [0.3, 0.4) is 0 Å². The van der Waals surface area contributed by atoms with Crippen LogP contribution in [0.15, 0.2) is 78.5 Å². The molecule has 1 saturated heterocycles. The molecule has 2 aromatic carbocycles. The Morgan fingerprint density at radius 1 is 1.00 bits per heavy atom. The molecule has 152 valence electrons. The molecule has 1 N–H and O–H groups in total. The number of amides is 1. The topological polar surface area (TPSA) is 83.4 Å². The number of benzene rings is 2. The fourth-order valence-electron chi connectivity index (χ4n) is 3.57. The number of pyridine rings is 1. The summed E-state index contributed by atoms with van der Waals surface area (Å²) in [6.07, 6.45) is 1.58. The summed E-state index contributed by atoms with van der Waals surface area (Å²) in [5, 5.41) is 11.9. The van der Waals surface area contributed by atoms with E-state index in [1.165, 1.54) is 16.2 Å². The minimum Gasteiger partial charge on any atom is -0.507 e. The molecule has 1 atom stereocenters. The molecule has 31 heavy (non-hydrogen) atoms. The number of hydrogen-bond donors (Lipinski definition) is 1. The van der Waals surface area contributed by atoms with Gasteiger partial charge in [0.2, 0.25) is 0 Å². The minimum absolute atomic E-state index is 0.0368. The lowest BCUT2D eigenvalue weighted by Gasteiger charge is -2.21. The first kappa shape index (κ1) is 19.4. The first-order chi connectivity index (χ1) is 15.0. The maximum Gasteiger partial charge on any atom is 0.301 e. The molecule has 0 radical (unpaired) electrons. The van der Waals surface area contributed by atoms with Gasteiger partial charge in [0.05, 0.1) is 21.5 Å². The van der Waals surface area contributed by atoms with E-state index in [1.807, 2.05) is 24.3 Å². The van der Waals surface area contributed by atoms with Crippen molar-refractivity contribution < 1.29 is 14.7 Å². The van der Waals surface area contributed by atoms with Gasteiger partial charge >= 0.3 is 5.91 Å². The zero-order valence-corrected chi connectivity index (χ0v) is 17.5. The molecular formula is C23H14ClN3O3S. The summed E-state index contributed by atoms with van der Waals surface area (Å²) in [5.41, 5.74) is 1.52. The third-order valence-corrected chi connectivity index (χ3v) is 6.31. The molecule has 0 spiro atoms. The van der Waals surface area contributed by atoms with Crippen molar-refractivity contribution in [1.82, 2.24) is 9.97 Å². The van der Waals surface area contributed by atoms with Crippen LogP contribution >= 0.6 is 22.9 Å². The van der Waals surface area contributed by atoms with Crippen molar-refractivity contribution in [2.45, 2.75) is 6.04 Å². The SMILES string of the molecule is O=C1C(=O)N(c2nc3ccccc3s2)[C@H](c2ccccn2)C1=C(O)c1ccc(Cl)cc1. The summed E-state index contributed by atoms with van der Waals surface area (Å²) in [7, 11) is 0. The molecule has 3 heterocycles. The molecule has 0 saturated carbocycles. The van der Waals surface area contributed by atoms with E-state index >= 15 is 0 Å². The number of aromatic nitrogens is 2. The molecule has 0 unspecified atom stereocenters. The third kappa shape index (κ3) is 3.28. The number of carbonyl (C=O) groups is 2. The number of para-hydroxylation sites is 1. The second kappa shape index (κ2) is 7.61. The number of ketones is 1. The first-order valence-corrected chi connectivity index (χ1v) is 10.6. The highest BCUT2D eigenvalue weighted by molar-refractivity contribution is 7.22. The van der Waals surface area contributed by atoms with Gasteiger partial charge in [-0.1, -0.05) is 41.1 Å². The number of anilines is 1. The van der Waals surface area contributed by atoms with Gasteiger partial charge in [-0.3, -0.25) is 19.5 Å². The standard InChI is InChI=1S/C23H14ClN3O3S/c24-14-10-8-13(9-11-14)20(28)18-19(16-6-3-4-12-25-16)27(22(30)21(18)29)23-26-15-5-1-2-7-17(15)31-23/h1-12,19,28H/t19-/m1/s1. The van der Waals surface area contributed by atoms with Crippen LogP contribution in [0.2, 0.25) is 5.02 Å². The Bertz CT molecular complexity index is 1320. The van der Waals surface area contributed by atoms with Crippen molar-refractivity contribution in [3.63, 3.8) is 0 Å². The average Bonchev–Trinajstić information content (AvgIpc) is 3.33. The Morgan fingerprint density at radius 2 is 1.74 bits per heavy atom. The molecular weight excluding hydrogens is 434 g/mol. The van der Waals surface area contributed by atoms with Crippen LogP contribution in [0, 0.1) is 0 Å². The van der Waals surface area contributed by atoms with E-state index in [0.717, 1.165) is 10.2 Å². The Kier molecular flexibility index (Phi) is 4.77. The van der Waals surface area contributed by atoms with Gasteiger partial charge in [-0.05, 0) is 48.5 Å². The normalized spacial score (nSPS) is 18.1. The molecule has 5 rings (SSSR count).